The van der Waals surface area contributed by atoms with Crippen molar-refractivity contribution in [1.29, 1.82) is 0 Å². The van der Waals surface area contributed by atoms with Gasteiger partial charge in [0, 0.05) is 16.9 Å². The molecule has 1 aromatic heterocycles. The molecule has 3 nitrogen and oxygen atoms in total. The number of hydrogen-bond acceptors (Lipinski definition) is 2. The van der Waals surface area contributed by atoms with Gasteiger partial charge < -0.3 is 5.32 Å². The van der Waals surface area contributed by atoms with Gasteiger partial charge in [0.05, 0.1) is 0 Å². The van der Waals surface area contributed by atoms with Crippen LogP contribution in [-0.2, 0) is 0 Å². The lowest BCUT2D eigenvalue weighted by molar-refractivity contribution is 1.05. The van der Waals surface area contributed by atoms with Gasteiger partial charge in [-0.25, -0.2) is 0 Å². The predicted octanol–water partition coefficient (Wildman–Crippen LogP) is 4.13. The second-order valence-corrected chi connectivity index (χ2v) is 4.43. The van der Waals surface area contributed by atoms with Gasteiger partial charge in [-0.2, -0.15) is 5.10 Å². The number of aromatic nitrogens is 2. The van der Waals surface area contributed by atoms with E-state index in [1.165, 1.54) is 0 Å². The summed E-state index contributed by atoms with van der Waals surface area (Å²) in [6, 6.07) is 20.3. The van der Waals surface area contributed by atoms with Crippen molar-refractivity contribution < 1.29 is 0 Å². The zero-order chi connectivity index (χ0) is 13.1. The standard InChI is InChI=1S/C16H15N3/c1-12-15(13-8-4-2-5-9-13)16(19-18-12)17-14-10-6-3-7-11-14/h2-11H,1H3,(H2,17,18,19). The van der Waals surface area contributed by atoms with Crippen LogP contribution in [-0.4, -0.2) is 10.2 Å². The van der Waals surface area contributed by atoms with E-state index in [2.05, 4.69) is 27.6 Å². The number of hydrogen-bond donors (Lipinski definition) is 2. The minimum absolute atomic E-state index is 0.856. The summed E-state index contributed by atoms with van der Waals surface area (Å²) < 4.78 is 0. The minimum atomic E-state index is 0.856. The molecular weight excluding hydrogens is 234 g/mol. The van der Waals surface area contributed by atoms with Gasteiger partial charge in [-0.15, -0.1) is 0 Å². The first kappa shape index (κ1) is 11.5. The highest BCUT2D eigenvalue weighted by Crippen LogP contribution is 2.30. The molecule has 3 rings (SSSR count). The third-order valence-electron chi connectivity index (χ3n) is 3.05. The second kappa shape index (κ2) is 4.98. The lowest BCUT2D eigenvalue weighted by Gasteiger charge is -2.06. The van der Waals surface area contributed by atoms with E-state index in [4.69, 9.17) is 0 Å². The highest BCUT2D eigenvalue weighted by Gasteiger charge is 2.11. The first-order valence-electron chi connectivity index (χ1n) is 6.27. The molecule has 2 aromatic carbocycles. The van der Waals surface area contributed by atoms with Crippen molar-refractivity contribution in [3.63, 3.8) is 0 Å². The fourth-order valence-electron chi connectivity index (χ4n) is 2.14. The maximum absolute atomic E-state index is 4.35. The molecule has 2 N–H and O–H groups in total. The molecule has 3 heteroatoms. The van der Waals surface area contributed by atoms with Crippen LogP contribution in [0.25, 0.3) is 11.1 Å². The van der Waals surface area contributed by atoms with E-state index >= 15 is 0 Å². The van der Waals surface area contributed by atoms with Crippen LogP contribution < -0.4 is 5.32 Å². The Morgan fingerprint density at radius 1 is 0.895 bits per heavy atom. The molecule has 0 fully saturated rings. The average Bonchev–Trinajstić information content (AvgIpc) is 2.82. The zero-order valence-corrected chi connectivity index (χ0v) is 10.7. The molecule has 0 bridgehead atoms. The first-order chi connectivity index (χ1) is 9.34. The lowest BCUT2D eigenvalue weighted by atomic mass is 10.1. The number of nitrogens with one attached hydrogen (secondary N) is 2. The highest BCUT2D eigenvalue weighted by atomic mass is 15.2. The van der Waals surface area contributed by atoms with E-state index in [0.29, 0.717) is 0 Å². The minimum Gasteiger partial charge on any atom is -0.338 e. The third kappa shape index (κ3) is 2.36. The Morgan fingerprint density at radius 2 is 1.53 bits per heavy atom. The van der Waals surface area contributed by atoms with Gasteiger partial charge in [0.15, 0.2) is 5.82 Å². The molecule has 1 heterocycles. The van der Waals surface area contributed by atoms with Gasteiger partial charge in [-0.05, 0) is 24.6 Å². The average molecular weight is 249 g/mol. The zero-order valence-electron chi connectivity index (χ0n) is 10.7. The fourth-order valence-corrected chi connectivity index (χ4v) is 2.14. The Balaban J connectivity index is 2.00. The number of aryl methyl sites for hydroxylation is 1. The fraction of sp³-hybridized carbons (Fsp3) is 0.0625. The quantitative estimate of drug-likeness (QED) is 0.732. The first-order valence-corrected chi connectivity index (χ1v) is 6.27. The second-order valence-electron chi connectivity index (χ2n) is 4.43. The SMILES string of the molecule is Cc1[nH]nc(Nc2ccccc2)c1-c1ccccc1. The van der Waals surface area contributed by atoms with Gasteiger partial charge in [-0.1, -0.05) is 48.5 Å². The van der Waals surface area contributed by atoms with Crippen molar-refractivity contribution in [3.05, 3.63) is 66.4 Å². The number of aromatic amines is 1. The molecular formula is C16H15N3. The Kier molecular flexibility index (Phi) is 3.02. The topological polar surface area (TPSA) is 40.7 Å². The smallest absolute Gasteiger partial charge is 0.160 e. The summed E-state index contributed by atoms with van der Waals surface area (Å²) >= 11 is 0. The van der Waals surface area contributed by atoms with Crippen molar-refractivity contribution in [1.82, 2.24) is 10.2 Å². The van der Waals surface area contributed by atoms with Crippen LogP contribution in [0.1, 0.15) is 5.69 Å². The monoisotopic (exact) mass is 249 g/mol. The summed E-state index contributed by atoms with van der Waals surface area (Å²) in [5.41, 5.74) is 4.37. The maximum Gasteiger partial charge on any atom is 0.160 e. The van der Waals surface area contributed by atoms with Crippen molar-refractivity contribution in [3.8, 4) is 11.1 Å². The Labute approximate surface area is 112 Å². The van der Waals surface area contributed by atoms with Gasteiger partial charge in [0.25, 0.3) is 0 Å². The van der Waals surface area contributed by atoms with E-state index in [1.807, 2.05) is 55.5 Å². The summed E-state index contributed by atoms with van der Waals surface area (Å²) in [6.07, 6.45) is 0. The number of H-pyrrole nitrogens is 1. The lowest BCUT2D eigenvalue weighted by Crippen LogP contribution is -1.92. The molecule has 0 atom stereocenters. The molecule has 0 amide bonds. The van der Waals surface area contributed by atoms with Crippen molar-refractivity contribution >= 4 is 11.5 Å². The van der Waals surface area contributed by atoms with Crippen LogP contribution in [0.15, 0.2) is 60.7 Å². The van der Waals surface area contributed by atoms with Gasteiger partial charge in [-0.3, -0.25) is 5.10 Å². The molecule has 0 saturated carbocycles. The Bertz CT molecular complexity index is 657. The molecule has 19 heavy (non-hydrogen) atoms. The molecule has 0 aliphatic heterocycles. The van der Waals surface area contributed by atoms with E-state index in [-0.39, 0.29) is 0 Å². The molecule has 0 saturated heterocycles. The van der Waals surface area contributed by atoms with E-state index < -0.39 is 0 Å². The van der Waals surface area contributed by atoms with E-state index in [9.17, 15) is 0 Å². The summed E-state index contributed by atoms with van der Waals surface area (Å²) in [6.45, 7) is 2.03. The summed E-state index contributed by atoms with van der Waals surface area (Å²) in [5, 5.41) is 10.7. The molecule has 0 spiro atoms. The number of rotatable bonds is 3. The van der Waals surface area contributed by atoms with Crippen LogP contribution in [0.3, 0.4) is 0 Å². The van der Waals surface area contributed by atoms with Crippen molar-refractivity contribution in [2.45, 2.75) is 6.92 Å². The van der Waals surface area contributed by atoms with Crippen LogP contribution in [0.4, 0.5) is 11.5 Å². The summed E-state index contributed by atoms with van der Waals surface area (Å²) in [5.74, 6) is 0.856. The summed E-state index contributed by atoms with van der Waals surface area (Å²) in [4.78, 5) is 0. The van der Waals surface area contributed by atoms with Gasteiger partial charge in [0.1, 0.15) is 0 Å². The van der Waals surface area contributed by atoms with Gasteiger partial charge in [0.2, 0.25) is 0 Å². The van der Waals surface area contributed by atoms with Crippen molar-refractivity contribution in [2.75, 3.05) is 5.32 Å². The molecule has 0 radical (unpaired) electrons. The number of nitrogens with zero attached hydrogens (tertiary/aromatic N) is 1. The molecule has 0 aliphatic rings. The van der Waals surface area contributed by atoms with Crippen molar-refractivity contribution in [2.24, 2.45) is 0 Å². The number of anilines is 2. The molecule has 94 valence electrons. The predicted molar refractivity (Wildman–Crippen MR) is 78.5 cm³/mol. The Hall–Kier alpha value is -2.55. The van der Waals surface area contributed by atoms with Crippen LogP contribution in [0.2, 0.25) is 0 Å². The van der Waals surface area contributed by atoms with Gasteiger partial charge >= 0.3 is 0 Å². The maximum atomic E-state index is 4.35. The van der Waals surface area contributed by atoms with E-state index in [0.717, 1.165) is 28.3 Å². The third-order valence-corrected chi connectivity index (χ3v) is 3.05. The van der Waals surface area contributed by atoms with Crippen LogP contribution in [0.5, 0.6) is 0 Å². The van der Waals surface area contributed by atoms with Crippen LogP contribution in [0, 0.1) is 6.92 Å². The molecule has 3 aromatic rings. The number of para-hydroxylation sites is 1. The molecule has 0 aliphatic carbocycles. The largest absolute Gasteiger partial charge is 0.338 e. The molecule has 0 unspecified atom stereocenters. The van der Waals surface area contributed by atoms with E-state index in [1.54, 1.807) is 0 Å². The number of benzene rings is 2. The normalized spacial score (nSPS) is 10.4. The highest BCUT2D eigenvalue weighted by molar-refractivity contribution is 5.80. The summed E-state index contributed by atoms with van der Waals surface area (Å²) in [7, 11) is 0. The Morgan fingerprint density at radius 3 is 2.21 bits per heavy atom. The van der Waals surface area contributed by atoms with Crippen LogP contribution >= 0.6 is 0 Å².